The lowest BCUT2D eigenvalue weighted by molar-refractivity contribution is -0.127. The number of hydrogen-bond acceptors (Lipinski definition) is 3. The van der Waals surface area contributed by atoms with Gasteiger partial charge in [-0.1, -0.05) is 32.6 Å². The van der Waals surface area contributed by atoms with E-state index in [2.05, 4.69) is 12.2 Å². The van der Waals surface area contributed by atoms with Crippen LogP contribution in [0.1, 0.15) is 58.3 Å². The molecule has 0 saturated heterocycles. The second-order valence-electron chi connectivity index (χ2n) is 4.62. The van der Waals surface area contributed by atoms with E-state index in [1.807, 2.05) is 0 Å². The number of primary amides is 1. The van der Waals surface area contributed by atoms with Crippen LogP contribution >= 0.6 is 0 Å². The van der Waals surface area contributed by atoms with E-state index >= 15 is 0 Å². The van der Waals surface area contributed by atoms with E-state index in [1.165, 1.54) is 12.8 Å². The normalized spacial score (nSPS) is 12.1. The molecular formula is C13H27N3O2. The Labute approximate surface area is 110 Å². The third kappa shape index (κ3) is 8.98. The number of nitrogens with one attached hydrogen (secondary N) is 1. The van der Waals surface area contributed by atoms with Gasteiger partial charge in [-0.3, -0.25) is 9.59 Å². The van der Waals surface area contributed by atoms with Crippen LogP contribution in [0.3, 0.4) is 0 Å². The van der Waals surface area contributed by atoms with Gasteiger partial charge in [-0.25, -0.2) is 0 Å². The van der Waals surface area contributed by atoms with E-state index in [-0.39, 0.29) is 5.91 Å². The van der Waals surface area contributed by atoms with E-state index in [4.69, 9.17) is 11.5 Å². The Balaban J connectivity index is 3.77. The fourth-order valence-corrected chi connectivity index (χ4v) is 1.76. The van der Waals surface area contributed by atoms with Gasteiger partial charge in [0.05, 0.1) is 0 Å². The number of carbonyl (C=O) groups excluding carboxylic acids is 2. The first-order valence-electron chi connectivity index (χ1n) is 6.90. The first-order chi connectivity index (χ1) is 8.61. The Bertz CT molecular complexity index is 244. The Morgan fingerprint density at radius 1 is 1.11 bits per heavy atom. The molecule has 18 heavy (non-hydrogen) atoms. The molecule has 0 heterocycles. The van der Waals surface area contributed by atoms with Crippen LogP contribution in [0.4, 0.5) is 0 Å². The fourth-order valence-electron chi connectivity index (χ4n) is 1.76. The summed E-state index contributed by atoms with van der Waals surface area (Å²) in [6, 6.07) is -0.573. The zero-order valence-electron chi connectivity index (χ0n) is 11.4. The smallest absolute Gasteiger partial charge is 0.240 e. The van der Waals surface area contributed by atoms with Crippen LogP contribution in [0.5, 0.6) is 0 Å². The molecular weight excluding hydrogens is 230 g/mol. The third-order valence-electron chi connectivity index (χ3n) is 2.88. The van der Waals surface area contributed by atoms with Crippen molar-refractivity contribution in [2.75, 3.05) is 6.54 Å². The van der Waals surface area contributed by atoms with Crippen molar-refractivity contribution in [3.05, 3.63) is 0 Å². The predicted octanol–water partition coefficient (Wildman–Crippen LogP) is 1.06. The predicted molar refractivity (Wildman–Crippen MR) is 72.8 cm³/mol. The quantitative estimate of drug-likeness (QED) is 0.483. The number of amides is 2. The van der Waals surface area contributed by atoms with Gasteiger partial charge in [0.25, 0.3) is 0 Å². The van der Waals surface area contributed by atoms with Gasteiger partial charge in [-0.05, 0) is 25.8 Å². The van der Waals surface area contributed by atoms with Crippen molar-refractivity contribution in [3.63, 3.8) is 0 Å². The molecule has 0 fully saturated rings. The molecule has 5 heteroatoms. The van der Waals surface area contributed by atoms with Crippen LogP contribution in [-0.2, 0) is 9.59 Å². The van der Waals surface area contributed by atoms with E-state index in [0.717, 1.165) is 19.3 Å². The number of unbranched alkanes of at least 4 members (excludes halogenated alkanes) is 4. The Morgan fingerprint density at radius 2 is 1.78 bits per heavy atom. The molecule has 0 radical (unpaired) electrons. The van der Waals surface area contributed by atoms with Gasteiger partial charge < -0.3 is 16.8 Å². The highest BCUT2D eigenvalue weighted by molar-refractivity contribution is 5.86. The van der Waals surface area contributed by atoms with Crippen LogP contribution in [-0.4, -0.2) is 24.4 Å². The Morgan fingerprint density at radius 3 is 2.33 bits per heavy atom. The van der Waals surface area contributed by atoms with Crippen molar-refractivity contribution in [2.45, 2.75) is 64.3 Å². The summed E-state index contributed by atoms with van der Waals surface area (Å²) in [4.78, 5) is 22.7. The van der Waals surface area contributed by atoms with Crippen LogP contribution in [0.2, 0.25) is 0 Å². The number of hydrogen-bond donors (Lipinski definition) is 3. The van der Waals surface area contributed by atoms with Gasteiger partial charge in [0.2, 0.25) is 11.8 Å². The lowest BCUT2D eigenvalue weighted by Crippen LogP contribution is -2.44. The number of nitrogens with two attached hydrogens (primary N) is 2. The molecule has 0 aromatic rings. The summed E-state index contributed by atoms with van der Waals surface area (Å²) in [5.74, 6) is -0.574. The molecule has 5 N–H and O–H groups in total. The lowest BCUT2D eigenvalue weighted by Gasteiger charge is -2.14. The van der Waals surface area contributed by atoms with E-state index in [9.17, 15) is 9.59 Å². The summed E-state index contributed by atoms with van der Waals surface area (Å²) < 4.78 is 0. The van der Waals surface area contributed by atoms with Crippen LogP contribution in [0.15, 0.2) is 0 Å². The number of rotatable bonds is 11. The van der Waals surface area contributed by atoms with Gasteiger partial charge in [0.1, 0.15) is 6.04 Å². The molecule has 0 saturated carbocycles. The zero-order chi connectivity index (χ0) is 13.8. The van der Waals surface area contributed by atoms with E-state index < -0.39 is 11.9 Å². The summed E-state index contributed by atoms with van der Waals surface area (Å²) in [5, 5.41) is 2.67. The van der Waals surface area contributed by atoms with Gasteiger partial charge in [-0.2, -0.15) is 0 Å². The highest BCUT2D eigenvalue weighted by atomic mass is 16.2. The van der Waals surface area contributed by atoms with Gasteiger partial charge >= 0.3 is 0 Å². The molecule has 0 unspecified atom stereocenters. The van der Waals surface area contributed by atoms with Crippen molar-refractivity contribution < 1.29 is 9.59 Å². The van der Waals surface area contributed by atoms with E-state index in [1.54, 1.807) is 0 Å². The number of carbonyl (C=O) groups is 2. The Kier molecular flexibility index (Phi) is 10.3. The Hall–Kier alpha value is -1.10. The molecule has 0 aromatic carbocycles. The van der Waals surface area contributed by atoms with Gasteiger partial charge in [0, 0.05) is 6.42 Å². The van der Waals surface area contributed by atoms with Crippen molar-refractivity contribution in [1.82, 2.24) is 5.32 Å². The summed E-state index contributed by atoms with van der Waals surface area (Å²) in [6.07, 6.45) is 7.17. The molecule has 106 valence electrons. The lowest BCUT2D eigenvalue weighted by atomic mass is 10.1. The standard InChI is InChI=1S/C13H27N3O2/c1-2-3-4-5-6-9-12(17)16-11(13(15)18)8-7-10-14/h11H,2-10,14H2,1H3,(H2,15,18)(H,16,17)/t11-/m0/s1. The molecule has 0 aliphatic rings. The minimum Gasteiger partial charge on any atom is -0.368 e. The van der Waals surface area contributed by atoms with Crippen molar-refractivity contribution in [1.29, 1.82) is 0 Å². The molecule has 0 bridgehead atoms. The summed E-state index contributed by atoms with van der Waals surface area (Å²) in [5.41, 5.74) is 10.6. The van der Waals surface area contributed by atoms with Crippen molar-refractivity contribution >= 4 is 11.8 Å². The molecule has 0 aliphatic heterocycles. The second kappa shape index (κ2) is 11.0. The molecule has 1 atom stereocenters. The minimum atomic E-state index is -0.573. The topological polar surface area (TPSA) is 98.2 Å². The molecule has 0 spiro atoms. The molecule has 0 aliphatic carbocycles. The fraction of sp³-hybridized carbons (Fsp3) is 0.846. The van der Waals surface area contributed by atoms with Crippen LogP contribution < -0.4 is 16.8 Å². The summed E-state index contributed by atoms with van der Waals surface area (Å²) in [7, 11) is 0. The van der Waals surface area contributed by atoms with E-state index in [0.29, 0.717) is 25.8 Å². The highest BCUT2D eigenvalue weighted by Crippen LogP contribution is 2.05. The van der Waals surface area contributed by atoms with Gasteiger partial charge in [-0.15, -0.1) is 0 Å². The molecule has 0 rings (SSSR count). The first kappa shape index (κ1) is 16.9. The van der Waals surface area contributed by atoms with Crippen molar-refractivity contribution in [3.8, 4) is 0 Å². The summed E-state index contributed by atoms with van der Waals surface area (Å²) >= 11 is 0. The van der Waals surface area contributed by atoms with Crippen LogP contribution in [0, 0.1) is 0 Å². The van der Waals surface area contributed by atoms with Crippen LogP contribution in [0.25, 0.3) is 0 Å². The van der Waals surface area contributed by atoms with Gasteiger partial charge in [0.15, 0.2) is 0 Å². The maximum absolute atomic E-state index is 11.6. The maximum Gasteiger partial charge on any atom is 0.240 e. The third-order valence-corrected chi connectivity index (χ3v) is 2.88. The first-order valence-corrected chi connectivity index (χ1v) is 6.90. The molecule has 0 aromatic heterocycles. The minimum absolute atomic E-state index is 0.0904. The maximum atomic E-state index is 11.6. The SMILES string of the molecule is CCCCCCCC(=O)N[C@@H](CCCN)C(N)=O. The molecule has 2 amide bonds. The second-order valence-corrected chi connectivity index (χ2v) is 4.62. The summed E-state index contributed by atoms with van der Waals surface area (Å²) in [6.45, 7) is 2.65. The highest BCUT2D eigenvalue weighted by Gasteiger charge is 2.16. The molecule has 5 nitrogen and oxygen atoms in total. The van der Waals surface area contributed by atoms with Crippen molar-refractivity contribution in [2.24, 2.45) is 11.5 Å². The monoisotopic (exact) mass is 257 g/mol. The largest absolute Gasteiger partial charge is 0.368 e. The average molecular weight is 257 g/mol. The average Bonchev–Trinajstić information content (AvgIpc) is 2.33. The zero-order valence-corrected chi connectivity index (χ0v) is 11.4.